The van der Waals surface area contributed by atoms with E-state index in [2.05, 4.69) is 4.90 Å². The molecule has 0 amide bonds. The van der Waals surface area contributed by atoms with Crippen molar-refractivity contribution in [2.24, 2.45) is 0 Å². The van der Waals surface area contributed by atoms with Gasteiger partial charge in [0.15, 0.2) is 0 Å². The fourth-order valence-corrected chi connectivity index (χ4v) is 4.04. The highest BCUT2D eigenvalue weighted by Gasteiger charge is 2.22. The molecule has 1 saturated heterocycles. The molecule has 122 valence electrons. The summed E-state index contributed by atoms with van der Waals surface area (Å²) in [5, 5.41) is 0.485. The monoisotopic (exact) mass is 352 g/mol. The Kier molecular flexibility index (Phi) is 4.48. The lowest BCUT2D eigenvalue weighted by molar-refractivity contribution is 0.122. The van der Waals surface area contributed by atoms with Gasteiger partial charge in [-0.15, -0.1) is 0 Å². The van der Waals surface area contributed by atoms with Gasteiger partial charge in [0.25, 0.3) is 0 Å². The van der Waals surface area contributed by atoms with E-state index in [9.17, 15) is 8.42 Å². The minimum absolute atomic E-state index is 0.115. The van der Waals surface area contributed by atoms with Gasteiger partial charge in [0.1, 0.15) is 0 Å². The normalized spacial score (nSPS) is 15.6. The van der Waals surface area contributed by atoms with Crippen molar-refractivity contribution in [3.05, 3.63) is 47.5 Å². The molecule has 2 aromatic carbocycles. The van der Waals surface area contributed by atoms with E-state index in [4.69, 9.17) is 22.1 Å². The second-order valence-corrected chi connectivity index (χ2v) is 7.63. The van der Waals surface area contributed by atoms with Crippen LogP contribution in [0.4, 0.5) is 11.4 Å². The third-order valence-corrected chi connectivity index (χ3v) is 5.86. The smallest absolute Gasteiger partial charge is 0.208 e. The van der Waals surface area contributed by atoms with Crippen LogP contribution in [0.15, 0.2) is 52.3 Å². The quantitative estimate of drug-likeness (QED) is 0.859. The van der Waals surface area contributed by atoms with Crippen LogP contribution in [0.25, 0.3) is 0 Å². The summed E-state index contributed by atoms with van der Waals surface area (Å²) in [5.41, 5.74) is 6.99. The van der Waals surface area contributed by atoms with Crippen LogP contribution in [0.2, 0.25) is 5.02 Å². The fraction of sp³-hybridized carbons (Fsp3) is 0.250. The molecule has 0 saturated carbocycles. The summed E-state index contributed by atoms with van der Waals surface area (Å²) >= 11 is 5.83. The minimum Gasteiger partial charge on any atom is -0.398 e. The van der Waals surface area contributed by atoms with Crippen LogP contribution < -0.4 is 10.6 Å². The van der Waals surface area contributed by atoms with E-state index >= 15 is 0 Å². The topological polar surface area (TPSA) is 72.6 Å². The fourth-order valence-electron chi connectivity index (χ4n) is 2.51. The lowest BCUT2D eigenvalue weighted by Gasteiger charge is -2.29. The molecule has 0 radical (unpaired) electrons. The zero-order chi connectivity index (χ0) is 16.4. The van der Waals surface area contributed by atoms with Crippen molar-refractivity contribution in [2.75, 3.05) is 36.9 Å². The van der Waals surface area contributed by atoms with Gasteiger partial charge in [0.2, 0.25) is 9.84 Å². The maximum absolute atomic E-state index is 12.8. The molecule has 0 spiro atoms. The summed E-state index contributed by atoms with van der Waals surface area (Å²) in [6, 6.07) is 11.2. The van der Waals surface area contributed by atoms with Gasteiger partial charge < -0.3 is 15.4 Å². The van der Waals surface area contributed by atoms with E-state index in [0.717, 1.165) is 18.8 Å². The van der Waals surface area contributed by atoms with Crippen molar-refractivity contribution in [1.29, 1.82) is 0 Å². The first-order valence-corrected chi connectivity index (χ1v) is 9.07. The Labute approximate surface area is 140 Å². The molecule has 5 nitrogen and oxygen atoms in total. The van der Waals surface area contributed by atoms with Gasteiger partial charge >= 0.3 is 0 Å². The standard InChI is InChI=1S/C16H17ClN2O3S/c17-12-1-4-14(5-2-12)23(20,21)16-11-13(3-6-15(16)18)19-7-9-22-10-8-19/h1-6,11H,7-10,18H2. The average molecular weight is 353 g/mol. The van der Waals surface area contributed by atoms with Crippen molar-refractivity contribution in [3.63, 3.8) is 0 Å². The number of hydrogen-bond donors (Lipinski definition) is 1. The van der Waals surface area contributed by atoms with Gasteiger partial charge in [-0.25, -0.2) is 8.42 Å². The summed E-state index contributed by atoms with van der Waals surface area (Å²) in [7, 11) is -3.69. The molecule has 0 unspecified atom stereocenters. The molecule has 2 N–H and O–H groups in total. The van der Waals surface area contributed by atoms with Crippen molar-refractivity contribution < 1.29 is 13.2 Å². The number of benzene rings is 2. The van der Waals surface area contributed by atoms with Crippen LogP contribution in [0.5, 0.6) is 0 Å². The summed E-state index contributed by atoms with van der Waals surface area (Å²) in [6.07, 6.45) is 0. The highest BCUT2D eigenvalue weighted by atomic mass is 35.5. The number of nitrogens with zero attached hydrogens (tertiary/aromatic N) is 1. The molecular formula is C16H17ClN2O3S. The Hall–Kier alpha value is -1.76. The molecule has 1 fully saturated rings. The Balaban J connectivity index is 2.02. The van der Waals surface area contributed by atoms with Gasteiger partial charge in [0.05, 0.1) is 28.7 Å². The van der Waals surface area contributed by atoms with Crippen molar-refractivity contribution in [3.8, 4) is 0 Å². The second-order valence-electron chi connectivity index (χ2n) is 5.28. The van der Waals surface area contributed by atoms with Crippen LogP contribution in [-0.2, 0) is 14.6 Å². The molecule has 0 bridgehead atoms. The molecule has 2 aromatic rings. The molecule has 1 aliphatic heterocycles. The Morgan fingerprint density at radius 3 is 2.35 bits per heavy atom. The maximum atomic E-state index is 12.8. The Bertz CT molecular complexity index is 801. The third kappa shape index (κ3) is 3.29. The number of sulfone groups is 1. The van der Waals surface area contributed by atoms with Crippen molar-refractivity contribution in [1.82, 2.24) is 0 Å². The van der Waals surface area contributed by atoms with Crippen molar-refractivity contribution in [2.45, 2.75) is 9.79 Å². The third-order valence-electron chi connectivity index (χ3n) is 3.79. The molecule has 0 aromatic heterocycles. The molecule has 0 aliphatic carbocycles. The largest absolute Gasteiger partial charge is 0.398 e. The molecule has 1 heterocycles. The number of halogens is 1. The van der Waals surface area contributed by atoms with Gasteiger partial charge in [-0.2, -0.15) is 0 Å². The Morgan fingerprint density at radius 2 is 1.70 bits per heavy atom. The summed E-state index contributed by atoms with van der Waals surface area (Å²) in [4.78, 5) is 2.38. The number of nitrogen functional groups attached to an aromatic ring is 1. The van der Waals surface area contributed by atoms with Gasteiger partial charge in [-0.1, -0.05) is 11.6 Å². The summed E-state index contributed by atoms with van der Waals surface area (Å²) < 4.78 is 31.0. The number of morpholine rings is 1. The van der Waals surface area contributed by atoms with Crippen LogP contribution in [0.1, 0.15) is 0 Å². The first kappa shape index (κ1) is 16.1. The average Bonchev–Trinajstić information content (AvgIpc) is 2.56. The van der Waals surface area contributed by atoms with E-state index < -0.39 is 9.84 Å². The molecule has 1 aliphatic rings. The summed E-state index contributed by atoms with van der Waals surface area (Å²) in [5.74, 6) is 0. The van der Waals surface area contributed by atoms with Crippen LogP contribution >= 0.6 is 11.6 Å². The van der Waals surface area contributed by atoms with Crippen LogP contribution in [0, 0.1) is 0 Å². The maximum Gasteiger partial charge on any atom is 0.208 e. The number of nitrogens with two attached hydrogens (primary N) is 1. The van der Waals surface area contributed by atoms with E-state index in [1.54, 1.807) is 24.3 Å². The molecular weight excluding hydrogens is 336 g/mol. The zero-order valence-corrected chi connectivity index (χ0v) is 14.0. The molecule has 23 heavy (non-hydrogen) atoms. The first-order chi connectivity index (χ1) is 11.0. The van der Waals surface area contributed by atoms with E-state index in [1.807, 2.05) is 6.07 Å². The van der Waals surface area contributed by atoms with Gasteiger partial charge in [-0.3, -0.25) is 0 Å². The highest BCUT2D eigenvalue weighted by molar-refractivity contribution is 7.91. The van der Waals surface area contributed by atoms with Gasteiger partial charge in [0, 0.05) is 23.8 Å². The predicted molar refractivity (Wildman–Crippen MR) is 90.8 cm³/mol. The van der Waals surface area contributed by atoms with Crippen LogP contribution in [0.3, 0.4) is 0 Å². The van der Waals surface area contributed by atoms with E-state index in [1.165, 1.54) is 12.1 Å². The SMILES string of the molecule is Nc1ccc(N2CCOCC2)cc1S(=O)(=O)c1ccc(Cl)cc1. The zero-order valence-electron chi connectivity index (χ0n) is 12.4. The second kappa shape index (κ2) is 6.39. The molecule has 0 atom stereocenters. The Morgan fingerprint density at radius 1 is 1.04 bits per heavy atom. The number of anilines is 2. The lowest BCUT2D eigenvalue weighted by atomic mass is 10.2. The van der Waals surface area contributed by atoms with E-state index in [0.29, 0.717) is 18.2 Å². The van der Waals surface area contributed by atoms with Crippen LogP contribution in [-0.4, -0.2) is 34.7 Å². The predicted octanol–water partition coefficient (Wildman–Crippen LogP) is 2.59. The lowest BCUT2D eigenvalue weighted by Crippen LogP contribution is -2.36. The minimum atomic E-state index is -3.69. The highest BCUT2D eigenvalue weighted by Crippen LogP contribution is 2.30. The molecule has 7 heteroatoms. The summed E-state index contributed by atoms with van der Waals surface area (Å²) in [6.45, 7) is 2.71. The number of rotatable bonds is 3. The number of hydrogen-bond acceptors (Lipinski definition) is 5. The van der Waals surface area contributed by atoms with E-state index in [-0.39, 0.29) is 15.5 Å². The first-order valence-electron chi connectivity index (χ1n) is 7.21. The van der Waals surface area contributed by atoms with Crippen molar-refractivity contribution >= 4 is 32.8 Å². The van der Waals surface area contributed by atoms with Gasteiger partial charge in [-0.05, 0) is 42.5 Å². The molecule has 3 rings (SSSR count). The number of ether oxygens (including phenoxy) is 1.